The van der Waals surface area contributed by atoms with Gasteiger partial charge in [0, 0.05) is 5.75 Å². The van der Waals surface area contributed by atoms with Crippen molar-refractivity contribution < 1.29 is 33.8 Å². The molecule has 2 rings (SSSR count). The van der Waals surface area contributed by atoms with E-state index in [4.69, 9.17) is 13.3 Å². The minimum absolute atomic E-state index is 0.456. The zero-order chi connectivity index (χ0) is 19.1. The van der Waals surface area contributed by atoms with Gasteiger partial charge >= 0.3 is 25.7 Å². The normalized spacial score (nSPS) is 14.3. The topological polar surface area (TPSA) is 52.6 Å². The van der Waals surface area contributed by atoms with Gasteiger partial charge in [0.1, 0.15) is 5.60 Å². The summed E-state index contributed by atoms with van der Waals surface area (Å²) >= 11 is 2.31. The Kier molecular flexibility index (Phi) is 13.3. The third-order valence-corrected chi connectivity index (χ3v) is 3.53. The van der Waals surface area contributed by atoms with Crippen molar-refractivity contribution in [3.05, 3.63) is 36.8 Å². The standard InChI is InChI=1S/C11H13O3.C9H17.Co.O/c1-11(2,3)14-10(12)13-9-7-5-4-6-8-9;1-2-6-9-7-4-3-5-8-9;;/h5-8H,1-3H3;3,9H,2,4-8H2,1H3;;/q2*-1;;. The number of ether oxygens (including phenoxy) is 2. The van der Waals surface area contributed by atoms with Crippen LogP contribution in [0.25, 0.3) is 0 Å². The van der Waals surface area contributed by atoms with Crippen molar-refractivity contribution >= 4 is 6.16 Å². The molecule has 0 N–H and O–H groups in total. The molecule has 0 aliphatic heterocycles. The van der Waals surface area contributed by atoms with Crippen molar-refractivity contribution in [2.24, 2.45) is 5.92 Å². The number of hydrogen-bond donors (Lipinski definition) is 0. The maximum absolute atomic E-state index is 11.2. The van der Waals surface area contributed by atoms with E-state index < -0.39 is 11.8 Å². The Balaban J connectivity index is 0.000000451. The van der Waals surface area contributed by atoms with Crippen molar-refractivity contribution in [3.8, 4) is 5.75 Å². The average molecular weight is 393 g/mol. The number of rotatable bonds is 3. The van der Waals surface area contributed by atoms with Crippen LogP contribution in [-0.2, 0) is 24.3 Å². The van der Waals surface area contributed by atoms with Crippen LogP contribution < -0.4 is 4.74 Å². The van der Waals surface area contributed by atoms with Crippen LogP contribution >= 0.6 is 0 Å². The van der Waals surface area contributed by atoms with Crippen molar-refractivity contribution in [3.63, 3.8) is 0 Å². The number of carbonyl (C=O) groups excluding carboxylic acids is 1. The Hall–Kier alpha value is -1.20. The van der Waals surface area contributed by atoms with Crippen molar-refractivity contribution in [2.45, 2.75) is 71.8 Å². The average Bonchev–Trinajstić information content (AvgIpc) is 2.58. The molecule has 0 atom stereocenters. The van der Waals surface area contributed by atoms with Crippen LogP contribution in [0.4, 0.5) is 4.79 Å². The van der Waals surface area contributed by atoms with Crippen LogP contribution in [0.3, 0.4) is 0 Å². The van der Waals surface area contributed by atoms with E-state index in [1.165, 1.54) is 38.5 Å². The molecule has 0 unspecified atom stereocenters. The second-order valence-corrected chi connectivity index (χ2v) is 6.90. The fourth-order valence-electron chi connectivity index (χ4n) is 2.50. The molecule has 0 spiro atoms. The van der Waals surface area contributed by atoms with Gasteiger partial charge in [0.15, 0.2) is 0 Å². The third kappa shape index (κ3) is 13.7. The second kappa shape index (κ2) is 14.0. The summed E-state index contributed by atoms with van der Waals surface area (Å²) < 4.78 is 17.8. The molecule has 4 nitrogen and oxygen atoms in total. The van der Waals surface area contributed by atoms with Gasteiger partial charge in [0.2, 0.25) is 0 Å². The summed E-state index contributed by atoms with van der Waals surface area (Å²) in [5.74, 6) is 1.53. The summed E-state index contributed by atoms with van der Waals surface area (Å²) in [6, 6.07) is 9.44. The monoisotopic (exact) mass is 393 g/mol. The molecule has 0 heterocycles. The second-order valence-electron chi connectivity index (χ2n) is 6.90. The predicted molar refractivity (Wildman–Crippen MR) is 94.0 cm³/mol. The molecule has 1 aliphatic rings. The van der Waals surface area contributed by atoms with E-state index in [2.05, 4.69) is 35.1 Å². The van der Waals surface area contributed by atoms with Crippen molar-refractivity contribution in [1.82, 2.24) is 0 Å². The van der Waals surface area contributed by atoms with Crippen molar-refractivity contribution in [2.75, 3.05) is 0 Å². The Morgan fingerprint density at radius 3 is 2.28 bits per heavy atom. The van der Waals surface area contributed by atoms with Gasteiger partial charge in [-0.25, -0.2) is 4.79 Å². The van der Waals surface area contributed by atoms with Gasteiger partial charge in [-0.3, -0.25) is 0 Å². The summed E-state index contributed by atoms with van der Waals surface area (Å²) in [5.41, 5.74) is -0.530. The van der Waals surface area contributed by atoms with Crippen LogP contribution in [0, 0.1) is 18.4 Å². The SMILES string of the molecule is CC(C)(C)OC(=O)Oc1cc[c-]cc1.CCCC1CC[CH-]CC1.[O]=[Co]. The number of benzene rings is 1. The van der Waals surface area contributed by atoms with Crippen LogP contribution in [0.5, 0.6) is 5.75 Å². The number of carbonyl (C=O) groups is 1. The molecular formula is C20H30CoO4-2. The molecule has 5 heteroatoms. The van der Waals surface area contributed by atoms with Crippen molar-refractivity contribution in [1.29, 1.82) is 0 Å². The summed E-state index contributed by atoms with van der Waals surface area (Å²) in [7, 11) is 0. The van der Waals surface area contributed by atoms with Gasteiger partial charge in [0.05, 0.1) is 0 Å². The molecule has 0 radical (unpaired) electrons. The van der Waals surface area contributed by atoms with E-state index in [0.717, 1.165) is 5.92 Å². The van der Waals surface area contributed by atoms with Crippen LogP contribution in [0.1, 0.15) is 66.2 Å². The van der Waals surface area contributed by atoms with Crippen LogP contribution in [0.2, 0.25) is 0 Å². The molecule has 0 aromatic heterocycles. The van der Waals surface area contributed by atoms with E-state index in [0.29, 0.717) is 5.75 Å². The third-order valence-electron chi connectivity index (χ3n) is 3.53. The first kappa shape index (κ1) is 23.8. The summed E-state index contributed by atoms with van der Waals surface area (Å²) in [5, 5.41) is 0. The molecule has 145 valence electrons. The summed E-state index contributed by atoms with van der Waals surface area (Å²) in [4.78, 5) is 11.2. The van der Waals surface area contributed by atoms with Gasteiger partial charge in [-0.1, -0.05) is 32.6 Å². The first-order valence-electron chi connectivity index (χ1n) is 8.73. The molecule has 1 saturated carbocycles. The van der Waals surface area contributed by atoms with Gasteiger partial charge in [-0.15, -0.1) is 12.1 Å². The molecule has 1 aromatic rings. The molecule has 1 aromatic carbocycles. The minimum atomic E-state index is -0.691. The van der Waals surface area contributed by atoms with Gasteiger partial charge < -0.3 is 15.9 Å². The zero-order valence-electron chi connectivity index (χ0n) is 15.7. The molecule has 1 fully saturated rings. The Morgan fingerprint density at radius 1 is 1.24 bits per heavy atom. The van der Waals surface area contributed by atoms with E-state index >= 15 is 0 Å². The first-order valence-corrected chi connectivity index (χ1v) is 9.15. The maximum atomic E-state index is 11.2. The Morgan fingerprint density at radius 2 is 1.80 bits per heavy atom. The molecule has 25 heavy (non-hydrogen) atoms. The fourth-order valence-corrected chi connectivity index (χ4v) is 2.50. The van der Waals surface area contributed by atoms with Gasteiger partial charge in [-0.05, 0) is 26.7 Å². The first-order chi connectivity index (χ1) is 11.9. The molecule has 0 saturated heterocycles. The van der Waals surface area contributed by atoms with E-state index in [9.17, 15) is 4.79 Å². The van der Waals surface area contributed by atoms with E-state index in [1.807, 2.05) is 0 Å². The van der Waals surface area contributed by atoms with Crippen LogP contribution in [0.15, 0.2) is 24.3 Å². The summed E-state index contributed by atoms with van der Waals surface area (Å²) in [6.07, 6.45) is 10.3. The Bertz CT molecular complexity index is 448. The zero-order valence-corrected chi connectivity index (χ0v) is 16.7. The molecule has 0 bridgehead atoms. The van der Waals surface area contributed by atoms with Crippen LogP contribution in [-0.4, -0.2) is 11.8 Å². The Labute approximate surface area is 160 Å². The molecule has 1 aliphatic carbocycles. The molecule has 0 amide bonds. The fraction of sp³-hybridized carbons (Fsp3) is 0.600. The molecular weight excluding hydrogens is 363 g/mol. The van der Waals surface area contributed by atoms with E-state index in [1.54, 1.807) is 45.0 Å². The van der Waals surface area contributed by atoms with E-state index in [-0.39, 0.29) is 0 Å². The van der Waals surface area contributed by atoms with Gasteiger partial charge in [-0.2, -0.15) is 31.0 Å². The number of hydrogen-bond acceptors (Lipinski definition) is 4. The predicted octanol–water partition coefficient (Wildman–Crippen LogP) is 5.86. The summed E-state index contributed by atoms with van der Waals surface area (Å²) in [6.45, 7) is 7.64. The van der Waals surface area contributed by atoms with Gasteiger partial charge in [0.25, 0.3) is 0 Å². The quantitative estimate of drug-likeness (QED) is 0.367.